The number of nitrogens with zero attached hydrogens (tertiary/aromatic N) is 1. The van der Waals surface area contributed by atoms with Crippen LogP contribution in [0.1, 0.15) is 28.4 Å². The van der Waals surface area contributed by atoms with E-state index in [0.29, 0.717) is 4.88 Å². The lowest BCUT2D eigenvalue weighted by atomic mass is 10.2. The van der Waals surface area contributed by atoms with Gasteiger partial charge in [0.25, 0.3) is 5.91 Å². The summed E-state index contributed by atoms with van der Waals surface area (Å²) in [6, 6.07) is 2.99. The fourth-order valence-electron chi connectivity index (χ4n) is 2.23. The highest BCUT2D eigenvalue weighted by Gasteiger charge is 2.28. The van der Waals surface area contributed by atoms with Crippen molar-refractivity contribution in [3.05, 3.63) is 21.9 Å². The second kappa shape index (κ2) is 6.78. The van der Waals surface area contributed by atoms with E-state index in [9.17, 15) is 18.0 Å². The number of amides is 2. The van der Waals surface area contributed by atoms with Crippen molar-refractivity contribution in [3.8, 4) is 0 Å². The molecule has 1 atom stereocenters. The second-order valence-corrected chi connectivity index (χ2v) is 8.76. The zero-order valence-electron chi connectivity index (χ0n) is 12.7. The van der Waals surface area contributed by atoms with Crippen molar-refractivity contribution in [2.24, 2.45) is 0 Å². The lowest BCUT2D eigenvalue weighted by Crippen LogP contribution is -2.51. The zero-order chi connectivity index (χ0) is 16.3. The molecular formula is C14H20N2O4S2. The number of nitrogens with one attached hydrogen (secondary N) is 1. The normalized spacial score (nSPS) is 18.7. The molecule has 1 saturated heterocycles. The summed E-state index contributed by atoms with van der Waals surface area (Å²) in [6.45, 7) is 4.03. The van der Waals surface area contributed by atoms with Gasteiger partial charge in [-0.2, -0.15) is 0 Å². The lowest BCUT2D eigenvalue weighted by molar-refractivity contribution is -0.132. The molecular weight excluding hydrogens is 324 g/mol. The van der Waals surface area contributed by atoms with Gasteiger partial charge in [-0.1, -0.05) is 6.92 Å². The van der Waals surface area contributed by atoms with Gasteiger partial charge in [-0.05, 0) is 25.5 Å². The zero-order valence-corrected chi connectivity index (χ0v) is 14.3. The molecule has 22 heavy (non-hydrogen) atoms. The van der Waals surface area contributed by atoms with E-state index in [0.717, 1.165) is 11.3 Å². The summed E-state index contributed by atoms with van der Waals surface area (Å²) in [4.78, 5) is 27.6. The molecule has 122 valence electrons. The third-order valence-electron chi connectivity index (χ3n) is 3.61. The Bertz CT molecular complexity index is 652. The first-order chi connectivity index (χ1) is 10.3. The van der Waals surface area contributed by atoms with Crippen molar-refractivity contribution >= 4 is 33.0 Å². The van der Waals surface area contributed by atoms with Crippen LogP contribution in [-0.4, -0.2) is 55.8 Å². The molecule has 1 aliphatic rings. The van der Waals surface area contributed by atoms with E-state index in [-0.39, 0.29) is 36.4 Å². The molecule has 0 unspecified atom stereocenters. The smallest absolute Gasteiger partial charge is 0.261 e. The van der Waals surface area contributed by atoms with Crippen molar-refractivity contribution in [2.45, 2.75) is 26.3 Å². The summed E-state index contributed by atoms with van der Waals surface area (Å²) in [5.41, 5.74) is 0. The molecule has 0 aliphatic carbocycles. The van der Waals surface area contributed by atoms with Gasteiger partial charge < -0.3 is 10.2 Å². The summed E-state index contributed by atoms with van der Waals surface area (Å²) in [7, 11) is -3.02. The van der Waals surface area contributed by atoms with Gasteiger partial charge in [-0.3, -0.25) is 9.59 Å². The molecule has 2 rings (SSSR count). The Balaban J connectivity index is 1.92. The van der Waals surface area contributed by atoms with Crippen LogP contribution in [0.2, 0.25) is 0 Å². The molecule has 1 N–H and O–H groups in total. The summed E-state index contributed by atoms with van der Waals surface area (Å²) >= 11 is 1.41. The molecule has 6 nitrogen and oxygen atoms in total. The van der Waals surface area contributed by atoms with Crippen LogP contribution in [0, 0.1) is 0 Å². The number of thiophene rings is 1. The molecule has 0 saturated carbocycles. The van der Waals surface area contributed by atoms with Gasteiger partial charge in [0, 0.05) is 18.0 Å². The van der Waals surface area contributed by atoms with Gasteiger partial charge in [0.2, 0.25) is 5.91 Å². The number of sulfone groups is 1. The van der Waals surface area contributed by atoms with Gasteiger partial charge in [-0.25, -0.2) is 8.42 Å². The largest absolute Gasteiger partial charge is 0.340 e. The standard InChI is InChI=1S/C14H20N2O4S2/c1-3-11-4-5-12(21-11)13(17)15-10(2)14(18)16-6-8-22(19,20)9-7-16/h4-5,10H,3,6-9H2,1-2H3,(H,15,17)/t10-/m0/s1. The molecule has 0 aromatic carbocycles. The molecule has 1 aromatic heterocycles. The molecule has 1 aromatic rings. The Morgan fingerprint density at radius 1 is 1.32 bits per heavy atom. The van der Waals surface area contributed by atoms with E-state index in [2.05, 4.69) is 5.32 Å². The van der Waals surface area contributed by atoms with E-state index in [1.807, 2.05) is 13.0 Å². The van der Waals surface area contributed by atoms with E-state index in [1.54, 1.807) is 13.0 Å². The number of rotatable bonds is 4. The maximum absolute atomic E-state index is 12.3. The minimum Gasteiger partial charge on any atom is -0.340 e. The monoisotopic (exact) mass is 344 g/mol. The maximum atomic E-state index is 12.3. The fourth-order valence-corrected chi connectivity index (χ4v) is 4.28. The predicted octanol–water partition coefficient (Wildman–Crippen LogP) is 0.686. The fraction of sp³-hybridized carbons (Fsp3) is 0.571. The topological polar surface area (TPSA) is 83.6 Å². The van der Waals surface area contributed by atoms with E-state index in [1.165, 1.54) is 16.2 Å². The first kappa shape index (κ1) is 17.0. The Morgan fingerprint density at radius 2 is 1.95 bits per heavy atom. The number of hydrogen-bond acceptors (Lipinski definition) is 5. The van der Waals surface area contributed by atoms with Gasteiger partial charge in [0.1, 0.15) is 6.04 Å². The van der Waals surface area contributed by atoms with Crippen molar-refractivity contribution in [1.29, 1.82) is 0 Å². The molecule has 0 radical (unpaired) electrons. The van der Waals surface area contributed by atoms with Gasteiger partial charge in [0.05, 0.1) is 16.4 Å². The van der Waals surface area contributed by atoms with Gasteiger partial charge >= 0.3 is 0 Å². The van der Waals surface area contributed by atoms with Crippen LogP contribution in [0.15, 0.2) is 12.1 Å². The Hall–Kier alpha value is -1.41. The quantitative estimate of drug-likeness (QED) is 0.871. The van der Waals surface area contributed by atoms with Crippen LogP contribution in [0.3, 0.4) is 0 Å². The van der Waals surface area contributed by atoms with Crippen LogP contribution in [-0.2, 0) is 21.1 Å². The molecule has 1 fully saturated rings. The first-order valence-corrected chi connectivity index (χ1v) is 9.85. The number of hydrogen-bond donors (Lipinski definition) is 1. The molecule has 1 aliphatic heterocycles. The van der Waals surface area contributed by atoms with Crippen molar-refractivity contribution in [2.75, 3.05) is 24.6 Å². The molecule has 2 heterocycles. The van der Waals surface area contributed by atoms with Crippen LogP contribution in [0.4, 0.5) is 0 Å². The van der Waals surface area contributed by atoms with Crippen molar-refractivity contribution < 1.29 is 18.0 Å². The van der Waals surface area contributed by atoms with Crippen LogP contribution in [0.5, 0.6) is 0 Å². The first-order valence-electron chi connectivity index (χ1n) is 7.21. The molecule has 0 bridgehead atoms. The van der Waals surface area contributed by atoms with Gasteiger partial charge in [0.15, 0.2) is 9.84 Å². The van der Waals surface area contributed by atoms with E-state index in [4.69, 9.17) is 0 Å². The predicted molar refractivity (Wildman–Crippen MR) is 85.9 cm³/mol. The SMILES string of the molecule is CCc1ccc(C(=O)N[C@@H](C)C(=O)N2CCS(=O)(=O)CC2)s1. The molecule has 0 spiro atoms. The highest BCUT2D eigenvalue weighted by atomic mass is 32.2. The van der Waals surface area contributed by atoms with Crippen molar-refractivity contribution in [1.82, 2.24) is 10.2 Å². The van der Waals surface area contributed by atoms with Gasteiger partial charge in [-0.15, -0.1) is 11.3 Å². The Kier molecular flexibility index (Phi) is 5.23. The average molecular weight is 344 g/mol. The molecule has 8 heteroatoms. The number of carbonyl (C=O) groups excluding carboxylic acids is 2. The molecule has 2 amide bonds. The van der Waals surface area contributed by atoms with E-state index >= 15 is 0 Å². The summed E-state index contributed by atoms with van der Waals surface area (Å²) in [6.07, 6.45) is 0.870. The number of carbonyl (C=O) groups is 2. The van der Waals surface area contributed by atoms with Crippen LogP contribution < -0.4 is 5.32 Å². The summed E-state index contributed by atoms with van der Waals surface area (Å²) in [5.74, 6) is -0.528. The second-order valence-electron chi connectivity index (χ2n) is 5.29. The van der Waals surface area contributed by atoms with Crippen LogP contribution in [0.25, 0.3) is 0 Å². The highest BCUT2D eigenvalue weighted by Crippen LogP contribution is 2.17. The van der Waals surface area contributed by atoms with Crippen LogP contribution >= 0.6 is 11.3 Å². The Morgan fingerprint density at radius 3 is 2.50 bits per heavy atom. The van der Waals surface area contributed by atoms with Crippen molar-refractivity contribution in [3.63, 3.8) is 0 Å². The summed E-state index contributed by atoms with van der Waals surface area (Å²) in [5, 5.41) is 2.68. The Labute approximate surface area is 134 Å². The highest BCUT2D eigenvalue weighted by molar-refractivity contribution is 7.91. The average Bonchev–Trinajstić information content (AvgIpc) is 2.95. The minimum atomic E-state index is -3.02. The van der Waals surface area contributed by atoms with E-state index < -0.39 is 15.9 Å². The third-order valence-corrected chi connectivity index (χ3v) is 6.45. The minimum absolute atomic E-state index is 0.00973. The lowest BCUT2D eigenvalue weighted by Gasteiger charge is -2.29. The third kappa shape index (κ3) is 4.07. The number of aryl methyl sites for hydroxylation is 1. The maximum Gasteiger partial charge on any atom is 0.261 e. The summed E-state index contributed by atoms with van der Waals surface area (Å²) < 4.78 is 22.8.